The summed E-state index contributed by atoms with van der Waals surface area (Å²) in [5, 5.41) is 6.80. The van der Waals surface area contributed by atoms with E-state index in [1.807, 2.05) is 0 Å². The fourth-order valence-corrected chi connectivity index (χ4v) is 2.72. The van der Waals surface area contributed by atoms with Gasteiger partial charge in [0.1, 0.15) is 0 Å². The number of halogens is 2. The van der Waals surface area contributed by atoms with Crippen LogP contribution in [0.1, 0.15) is 30.9 Å². The zero-order chi connectivity index (χ0) is 14.4. The van der Waals surface area contributed by atoms with Crippen LogP contribution in [0, 0.1) is 6.92 Å². The highest BCUT2D eigenvalue weighted by atomic mass is 127. The van der Waals surface area contributed by atoms with E-state index < -0.39 is 0 Å². The first kappa shape index (κ1) is 18.5. The second-order valence-corrected chi connectivity index (χ2v) is 5.97. The molecule has 0 unspecified atom stereocenters. The quantitative estimate of drug-likeness (QED) is 0.304. The summed E-state index contributed by atoms with van der Waals surface area (Å²) in [6.45, 7) is 5.80. The molecule has 1 aliphatic carbocycles. The van der Waals surface area contributed by atoms with E-state index in [-0.39, 0.29) is 24.0 Å². The monoisotopic (exact) mass is 463 g/mol. The lowest BCUT2D eigenvalue weighted by atomic mass is 10.1. The van der Waals surface area contributed by atoms with Crippen molar-refractivity contribution in [2.45, 2.75) is 39.3 Å². The largest absolute Gasteiger partial charge is 0.357 e. The first-order valence-electron chi connectivity index (χ1n) is 7.14. The molecule has 1 aromatic rings. The van der Waals surface area contributed by atoms with Gasteiger partial charge in [-0.15, -0.1) is 24.0 Å². The van der Waals surface area contributed by atoms with Gasteiger partial charge in [-0.3, -0.25) is 0 Å². The van der Waals surface area contributed by atoms with E-state index >= 15 is 0 Å². The number of aliphatic imine (C=N–C) groups is 1. The van der Waals surface area contributed by atoms with Crippen molar-refractivity contribution in [3.63, 3.8) is 0 Å². The van der Waals surface area contributed by atoms with Crippen LogP contribution in [0.15, 0.2) is 39.8 Å². The molecule has 1 aliphatic rings. The maximum absolute atomic E-state index is 4.69. The summed E-state index contributed by atoms with van der Waals surface area (Å²) in [6, 6.07) is 6.81. The van der Waals surface area contributed by atoms with Gasteiger partial charge in [0.2, 0.25) is 0 Å². The highest BCUT2D eigenvalue weighted by Crippen LogP contribution is 2.16. The molecule has 0 atom stereocenters. The van der Waals surface area contributed by atoms with E-state index in [4.69, 9.17) is 0 Å². The van der Waals surface area contributed by atoms with Gasteiger partial charge < -0.3 is 10.6 Å². The van der Waals surface area contributed by atoms with Gasteiger partial charge >= 0.3 is 0 Å². The Bertz CT molecular complexity index is 506. The van der Waals surface area contributed by atoms with Crippen LogP contribution in [0.3, 0.4) is 0 Å². The lowest BCUT2D eigenvalue weighted by Crippen LogP contribution is -2.42. The minimum Gasteiger partial charge on any atom is -0.357 e. The molecule has 0 amide bonds. The first-order chi connectivity index (χ1) is 9.69. The molecule has 0 fully saturated rings. The van der Waals surface area contributed by atoms with Gasteiger partial charge in [-0.1, -0.05) is 34.1 Å². The SMILES string of the molecule is CCNC(=NCc1ccc(Br)cc1C)NC1CC=CC1.I. The maximum Gasteiger partial charge on any atom is 0.191 e. The molecule has 116 valence electrons. The number of benzene rings is 1. The second kappa shape index (κ2) is 9.46. The molecule has 3 nitrogen and oxygen atoms in total. The predicted molar refractivity (Wildman–Crippen MR) is 104 cm³/mol. The average Bonchev–Trinajstić information content (AvgIpc) is 2.90. The Labute approximate surface area is 152 Å². The summed E-state index contributed by atoms with van der Waals surface area (Å²) in [5.74, 6) is 0.906. The van der Waals surface area contributed by atoms with E-state index in [1.54, 1.807) is 0 Å². The average molecular weight is 464 g/mol. The summed E-state index contributed by atoms with van der Waals surface area (Å²) in [6.07, 6.45) is 6.61. The molecule has 0 bridgehead atoms. The Morgan fingerprint density at radius 1 is 1.33 bits per heavy atom. The molecule has 2 N–H and O–H groups in total. The van der Waals surface area contributed by atoms with Crippen LogP contribution in [-0.4, -0.2) is 18.5 Å². The summed E-state index contributed by atoms with van der Waals surface area (Å²) < 4.78 is 1.12. The summed E-state index contributed by atoms with van der Waals surface area (Å²) in [7, 11) is 0. The van der Waals surface area contributed by atoms with Crippen molar-refractivity contribution in [1.82, 2.24) is 10.6 Å². The van der Waals surface area contributed by atoms with Crippen LogP contribution in [-0.2, 0) is 6.54 Å². The van der Waals surface area contributed by atoms with Crippen molar-refractivity contribution in [2.24, 2.45) is 4.99 Å². The lowest BCUT2D eigenvalue weighted by Gasteiger charge is -2.17. The van der Waals surface area contributed by atoms with E-state index in [2.05, 4.69) is 75.8 Å². The van der Waals surface area contributed by atoms with E-state index in [0.29, 0.717) is 12.6 Å². The van der Waals surface area contributed by atoms with Crippen LogP contribution in [0.2, 0.25) is 0 Å². The third-order valence-electron chi connectivity index (χ3n) is 3.41. The smallest absolute Gasteiger partial charge is 0.191 e. The van der Waals surface area contributed by atoms with Crippen molar-refractivity contribution >= 4 is 45.9 Å². The van der Waals surface area contributed by atoms with E-state index in [0.717, 1.165) is 29.8 Å². The standard InChI is InChI=1S/C16H22BrN3.HI/c1-3-18-16(20-15-6-4-5-7-15)19-11-13-8-9-14(17)10-12(13)2;/h4-5,8-10,15H,3,6-7,11H2,1-2H3,(H2,18,19,20);1H. The first-order valence-corrected chi connectivity index (χ1v) is 7.93. The third-order valence-corrected chi connectivity index (χ3v) is 3.90. The van der Waals surface area contributed by atoms with Crippen LogP contribution in [0.4, 0.5) is 0 Å². The van der Waals surface area contributed by atoms with Gasteiger partial charge in [0.05, 0.1) is 6.54 Å². The van der Waals surface area contributed by atoms with Gasteiger partial charge in [0, 0.05) is 17.1 Å². The Kier molecular flexibility index (Phi) is 8.33. The van der Waals surface area contributed by atoms with Gasteiger partial charge in [-0.2, -0.15) is 0 Å². The fourth-order valence-electron chi connectivity index (χ4n) is 2.25. The molecule has 0 aliphatic heterocycles. The lowest BCUT2D eigenvalue weighted by molar-refractivity contribution is 0.633. The molecule has 0 aromatic heterocycles. The molecule has 0 saturated carbocycles. The molecule has 21 heavy (non-hydrogen) atoms. The Hall–Kier alpha value is -0.560. The minimum atomic E-state index is 0. The summed E-state index contributed by atoms with van der Waals surface area (Å²) >= 11 is 3.49. The van der Waals surface area contributed by atoms with Crippen molar-refractivity contribution in [3.05, 3.63) is 46.0 Å². The number of nitrogens with one attached hydrogen (secondary N) is 2. The second-order valence-electron chi connectivity index (χ2n) is 5.05. The molecule has 0 heterocycles. The maximum atomic E-state index is 4.69. The van der Waals surface area contributed by atoms with Crippen molar-refractivity contribution in [3.8, 4) is 0 Å². The van der Waals surface area contributed by atoms with Crippen molar-refractivity contribution < 1.29 is 0 Å². The number of rotatable bonds is 4. The molecule has 0 saturated heterocycles. The molecule has 1 aromatic carbocycles. The Morgan fingerprint density at radius 3 is 2.67 bits per heavy atom. The molecule has 2 rings (SSSR count). The third kappa shape index (κ3) is 5.98. The van der Waals surface area contributed by atoms with E-state index in [1.165, 1.54) is 11.1 Å². The number of hydrogen-bond donors (Lipinski definition) is 2. The summed E-state index contributed by atoms with van der Waals surface area (Å²) in [5.41, 5.74) is 2.52. The Morgan fingerprint density at radius 2 is 2.05 bits per heavy atom. The zero-order valence-corrected chi connectivity index (χ0v) is 16.4. The highest BCUT2D eigenvalue weighted by Gasteiger charge is 2.11. The topological polar surface area (TPSA) is 36.4 Å². The molecular formula is C16H23BrIN3. The minimum absolute atomic E-state index is 0. The van der Waals surface area contributed by atoms with Gasteiger partial charge in [-0.25, -0.2) is 4.99 Å². The highest BCUT2D eigenvalue weighted by molar-refractivity contribution is 14.0. The fraction of sp³-hybridized carbons (Fsp3) is 0.438. The van der Waals surface area contributed by atoms with E-state index in [9.17, 15) is 0 Å². The Balaban J connectivity index is 0.00000220. The van der Waals surface area contributed by atoms with Crippen LogP contribution in [0.25, 0.3) is 0 Å². The van der Waals surface area contributed by atoms with Crippen LogP contribution >= 0.6 is 39.9 Å². The van der Waals surface area contributed by atoms with Gasteiger partial charge in [0.25, 0.3) is 0 Å². The zero-order valence-electron chi connectivity index (χ0n) is 12.5. The van der Waals surface area contributed by atoms with Crippen LogP contribution < -0.4 is 10.6 Å². The van der Waals surface area contributed by atoms with Crippen LogP contribution in [0.5, 0.6) is 0 Å². The molecular weight excluding hydrogens is 441 g/mol. The van der Waals surface area contributed by atoms with Crippen molar-refractivity contribution in [2.75, 3.05) is 6.54 Å². The number of nitrogens with zero attached hydrogens (tertiary/aromatic N) is 1. The summed E-state index contributed by atoms with van der Waals surface area (Å²) in [4.78, 5) is 4.69. The number of aryl methyl sites for hydroxylation is 1. The molecule has 0 spiro atoms. The van der Waals surface area contributed by atoms with Crippen molar-refractivity contribution in [1.29, 1.82) is 0 Å². The molecule has 0 radical (unpaired) electrons. The number of hydrogen-bond acceptors (Lipinski definition) is 1. The normalized spacial score (nSPS) is 14.9. The van der Waals surface area contributed by atoms with Gasteiger partial charge in [0.15, 0.2) is 5.96 Å². The number of guanidine groups is 1. The predicted octanol–water partition coefficient (Wildman–Crippen LogP) is 4.15. The van der Waals surface area contributed by atoms with Gasteiger partial charge in [-0.05, 0) is 49.9 Å². The molecule has 5 heteroatoms.